The van der Waals surface area contributed by atoms with Gasteiger partial charge in [0.1, 0.15) is 0 Å². The number of hydrogen-bond donors (Lipinski definition) is 2. The highest BCUT2D eigenvalue weighted by Gasteiger charge is 2.14. The maximum absolute atomic E-state index is 12.0. The maximum Gasteiger partial charge on any atom is 0.226 e. The van der Waals surface area contributed by atoms with Crippen LogP contribution in [0.25, 0.3) is 5.69 Å². The van der Waals surface area contributed by atoms with Gasteiger partial charge in [-0.2, -0.15) is 5.10 Å². The number of anilines is 1. The molecule has 1 aromatic heterocycles. The second kappa shape index (κ2) is 6.34. The fraction of sp³-hybridized carbons (Fsp3) is 0.333. The first-order chi connectivity index (χ1) is 9.58. The number of benzene rings is 1. The van der Waals surface area contributed by atoms with Crippen LogP contribution in [0.1, 0.15) is 20.3 Å². The lowest BCUT2D eigenvalue weighted by molar-refractivity contribution is -0.116. The van der Waals surface area contributed by atoms with Crippen molar-refractivity contribution in [1.29, 1.82) is 0 Å². The summed E-state index contributed by atoms with van der Waals surface area (Å²) in [6.07, 6.45) is 3.85. The number of rotatable bonds is 5. The van der Waals surface area contributed by atoms with Crippen molar-refractivity contribution in [2.75, 3.05) is 5.32 Å². The summed E-state index contributed by atoms with van der Waals surface area (Å²) in [5.74, 6) is 0.202. The van der Waals surface area contributed by atoms with Gasteiger partial charge in [-0.1, -0.05) is 26.0 Å². The molecule has 0 spiro atoms. The molecule has 5 nitrogen and oxygen atoms in total. The topological polar surface area (TPSA) is 72.9 Å². The van der Waals surface area contributed by atoms with Crippen molar-refractivity contribution in [3.05, 3.63) is 42.7 Å². The van der Waals surface area contributed by atoms with E-state index in [0.717, 1.165) is 11.4 Å². The van der Waals surface area contributed by atoms with Gasteiger partial charge in [0.15, 0.2) is 0 Å². The summed E-state index contributed by atoms with van der Waals surface area (Å²) in [6, 6.07) is 9.26. The van der Waals surface area contributed by atoms with E-state index in [0.29, 0.717) is 6.42 Å². The lowest BCUT2D eigenvalue weighted by Gasteiger charge is -2.16. The molecule has 0 saturated carbocycles. The average Bonchev–Trinajstić information content (AvgIpc) is 2.92. The number of aromatic nitrogens is 2. The van der Waals surface area contributed by atoms with Gasteiger partial charge in [-0.3, -0.25) is 4.79 Å². The van der Waals surface area contributed by atoms with Gasteiger partial charge in [0.2, 0.25) is 5.91 Å². The molecule has 2 aromatic rings. The summed E-state index contributed by atoms with van der Waals surface area (Å²) in [5.41, 5.74) is 7.50. The predicted molar refractivity (Wildman–Crippen MR) is 79.6 cm³/mol. The van der Waals surface area contributed by atoms with Gasteiger partial charge in [-0.15, -0.1) is 0 Å². The fourth-order valence-electron chi connectivity index (χ4n) is 1.84. The zero-order valence-electron chi connectivity index (χ0n) is 11.8. The number of amides is 1. The quantitative estimate of drug-likeness (QED) is 0.876. The first kappa shape index (κ1) is 14.3. The molecule has 0 aliphatic heterocycles. The van der Waals surface area contributed by atoms with E-state index in [2.05, 4.69) is 10.4 Å². The molecule has 0 fully saturated rings. The van der Waals surface area contributed by atoms with Crippen molar-refractivity contribution in [2.45, 2.75) is 26.3 Å². The van der Waals surface area contributed by atoms with Crippen molar-refractivity contribution in [3.8, 4) is 5.69 Å². The molecule has 106 valence electrons. The van der Waals surface area contributed by atoms with E-state index >= 15 is 0 Å². The number of carbonyl (C=O) groups excluding carboxylic acids is 1. The molecule has 0 aliphatic rings. The standard InChI is InChI=1S/C15H20N4O/c1-11(2)12(16)10-15(20)18-13-6-3-4-7-14(13)19-9-5-8-17-19/h3-9,11-12H,10,16H2,1-2H3,(H,18,20). The first-order valence-corrected chi connectivity index (χ1v) is 6.72. The Balaban J connectivity index is 2.12. The van der Waals surface area contributed by atoms with Crippen LogP contribution in [0.2, 0.25) is 0 Å². The van der Waals surface area contributed by atoms with Crippen LogP contribution in [0.15, 0.2) is 42.7 Å². The van der Waals surface area contributed by atoms with E-state index in [4.69, 9.17) is 5.73 Å². The summed E-state index contributed by atoms with van der Waals surface area (Å²) < 4.78 is 1.72. The highest BCUT2D eigenvalue weighted by molar-refractivity contribution is 5.93. The van der Waals surface area contributed by atoms with Crippen LogP contribution in [0.3, 0.4) is 0 Å². The van der Waals surface area contributed by atoms with Gasteiger partial charge < -0.3 is 11.1 Å². The van der Waals surface area contributed by atoms with Crippen molar-refractivity contribution >= 4 is 11.6 Å². The van der Waals surface area contributed by atoms with Gasteiger partial charge in [-0.25, -0.2) is 4.68 Å². The number of nitrogens with two attached hydrogens (primary N) is 1. The van der Waals surface area contributed by atoms with E-state index in [9.17, 15) is 4.79 Å². The normalized spacial score (nSPS) is 12.4. The second-order valence-corrected chi connectivity index (χ2v) is 5.13. The third kappa shape index (κ3) is 3.45. The fourth-order valence-corrected chi connectivity index (χ4v) is 1.84. The van der Waals surface area contributed by atoms with Crippen LogP contribution in [-0.4, -0.2) is 21.7 Å². The van der Waals surface area contributed by atoms with E-state index in [1.165, 1.54) is 0 Å². The van der Waals surface area contributed by atoms with Crippen LogP contribution >= 0.6 is 0 Å². The molecule has 0 saturated heterocycles. The predicted octanol–water partition coefficient (Wildman–Crippen LogP) is 2.18. The van der Waals surface area contributed by atoms with Crippen LogP contribution in [0.5, 0.6) is 0 Å². The SMILES string of the molecule is CC(C)C(N)CC(=O)Nc1ccccc1-n1cccn1. The molecule has 1 unspecified atom stereocenters. The molecular formula is C15H20N4O. The molecule has 0 aliphatic carbocycles. The summed E-state index contributed by atoms with van der Waals surface area (Å²) in [4.78, 5) is 12.0. The number of para-hydroxylation sites is 2. The molecule has 2 rings (SSSR count). The Morgan fingerprint density at radius 3 is 2.75 bits per heavy atom. The van der Waals surface area contributed by atoms with E-state index in [-0.39, 0.29) is 17.9 Å². The molecule has 0 bridgehead atoms. The van der Waals surface area contributed by atoms with Crippen molar-refractivity contribution in [1.82, 2.24) is 9.78 Å². The van der Waals surface area contributed by atoms with Gasteiger partial charge in [-0.05, 0) is 24.1 Å². The van der Waals surface area contributed by atoms with E-state index in [1.54, 1.807) is 10.9 Å². The Morgan fingerprint density at radius 1 is 1.35 bits per heavy atom. The molecule has 1 atom stereocenters. The summed E-state index contributed by atoms with van der Waals surface area (Å²) >= 11 is 0. The first-order valence-electron chi connectivity index (χ1n) is 6.72. The van der Waals surface area contributed by atoms with Gasteiger partial charge >= 0.3 is 0 Å². The molecule has 1 amide bonds. The highest BCUT2D eigenvalue weighted by atomic mass is 16.1. The minimum atomic E-state index is -0.133. The van der Waals surface area contributed by atoms with Crippen LogP contribution in [-0.2, 0) is 4.79 Å². The molecule has 0 radical (unpaired) electrons. The van der Waals surface area contributed by atoms with Gasteiger partial charge in [0.25, 0.3) is 0 Å². The van der Waals surface area contributed by atoms with Crippen molar-refractivity contribution < 1.29 is 4.79 Å². The lowest BCUT2D eigenvalue weighted by Crippen LogP contribution is -2.31. The zero-order valence-corrected chi connectivity index (χ0v) is 11.8. The second-order valence-electron chi connectivity index (χ2n) is 5.13. The third-order valence-corrected chi connectivity index (χ3v) is 3.21. The van der Waals surface area contributed by atoms with Gasteiger partial charge in [0, 0.05) is 24.9 Å². The molecular weight excluding hydrogens is 252 g/mol. The lowest BCUT2D eigenvalue weighted by atomic mass is 10.0. The third-order valence-electron chi connectivity index (χ3n) is 3.21. The molecule has 20 heavy (non-hydrogen) atoms. The molecule has 1 heterocycles. The largest absolute Gasteiger partial charge is 0.327 e. The van der Waals surface area contributed by atoms with Crippen LogP contribution < -0.4 is 11.1 Å². The number of carbonyl (C=O) groups is 1. The highest BCUT2D eigenvalue weighted by Crippen LogP contribution is 2.19. The van der Waals surface area contributed by atoms with Crippen LogP contribution in [0.4, 0.5) is 5.69 Å². The molecule has 3 N–H and O–H groups in total. The Morgan fingerprint density at radius 2 is 2.10 bits per heavy atom. The minimum Gasteiger partial charge on any atom is -0.327 e. The summed E-state index contributed by atoms with van der Waals surface area (Å²) in [5, 5.41) is 7.09. The number of nitrogens with zero attached hydrogens (tertiary/aromatic N) is 2. The number of nitrogens with one attached hydrogen (secondary N) is 1. The van der Waals surface area contributed by atoms with E-state index in [1.807, 2.05) is 50.4 Å². The average molecular weight is 272 g/mol. The summed E-state index contributed by atoms with van der Waals surface area (Å²) in [7, 11) is 0. The molecule has 5 heteroatoms. The van der Waals surface area contributed by atoms with Crippen LogP contribution in [0, 0.1) is 5.92 Å². The Hall–Kier alpha value is -2.14. The number of hydrogen-bond acceptors (Lipinski definition) is 3. The zero-order chi connectivity index (χ0) is 14.5. The maximum atomic E-state index is 12.0. The Kier molecular flexibility index (Phi) is 4.53. The van der Waals surface area contributed by atoms with Crippen molar-refractivity contribution in [2.24, 2.45) is 11.7 Å². The van der Waals surface area contributed by atoms with Crippen molar-refractivity contribution in [3.63, 3.8) is 0 Å². The Labute approximate surface area is 118 Å². The smallest absolute Gasteiger partial charge is 0.226 e. The summed E-state index contributed by atoms with van der Waals surface area (Å²) in [6.45, 7) is 4.02. The Bertz CT molecular complexity index is 563. The molecule has 1 aromatic carbocycles. The van der Waals surface area contributed by atoms with E-state index < -0.39 is 0 Å². The van der Waals surface area contributed by atoms with Gasteiger partial charge in [0.05, 0.1) is 11.4 Å². The minimum absolute atomic E-state index is 0.0780. The monoisotopic (exact) mass is 272 g/mol.